The zero-order chi connectivity index (χ0) is 6.85. The predicted molar refractivity (Wildman–Crippen MR) is 38.2 cm³/mol. The van der Waals surface area contributed by atoms with Gasteiger partial charge in [0.1, 0.15) is 5.82 Å². The Bertz CT molecular complexity index is 266. The summed E-state index contributed by atoms with van der Waals surface area (Å²) in [5, 5.41) is 6.09. The highest BCUT2D eigenvalue weighted by Gasteiger charge is 1.92. The van der Waals surface area contributed by atoms with Crippen LogP contribution >= 0.6 is 12.2 Å². The van der Waals surface area contributed by atoms with E-state index in [1.807, 2.05) is 0 Å². The Kier molecular flexibility index (Phi) is 1.35. The SMILES string of the molecule is Nc1[nH]ncc(=S)c1N. The van der Waals surface area contributed by atoms with Crippen molar-refractivity contribution in [3.63, 3.8) is 0 Å². The van der Waals surface area contributed by atoms with E-state index in [2.05, 4.69) is 10.2 Å². The average Bonchev–Trinajstić information content (AvgIpc) is 1.83. The summed E-state index contributed by atoms with van der Waals surface area (Å²) in [4.78, 5) is 0. The highest BCUT2D eigenvalue weighted by atomic mass is 32.1. The van der Waals surface area contributed by atoms with Gasteiger partial charge in [-0.2, -0.15) is 5.10 Å². The van der Waals surface area contributed by atoms with E-state index < -0.39 is 0 Å². The van der Waals surface area contributed by atoms with Gasteiger partial charge in [-0.25, -0.2) is 0 Å². The average molecular weight is 142 g/mol. The van der Waals surface area contributed by atoms with Crippen LogP contribution in [0.4, 0.5) is 11.5 Å². The first-order valence-corrected chi connectivity index (χ1v) is 2.71. The number of H-pyrrole nitrogens is 1. The maximum Gasteiger partial charge on any atom is 0.142 e. The first-order valence-electron chi connectivity index (χ1n) is 2.30. The summed E-state index contributed by atoms with van der Waals surface area (Å²) in [6.45, 7) is 0. The molecular formula is C4H6N4S. The van der Waals surface area contributed by atoms with Crippen molar-refractivity contribution in [1.82, 2.24) is 10.2 Å². The Morgan fingerprint density at radius 3 is 2.67 bits per heavy atom. The van der Waals surface area contributed by atoms with Crippen LogP contribution in [0.15, 0.2) is 6.20 Å². The van der Waals surface area contributed by atoms with Crippen LogP contribution in [0.1, 0.15) is 0 Å². The molecule has 0 aliphatic heterocycles. The van der Waals surface area contributed by atoms with Crippen molar-refractivity contribution in [2.75, 3.05) is 11.5 Å². The smallest absolute Gasteiger partial charge is 0.142 e. The fraction of sp³-hybridized carbons (Fsp3) is 0. The Balaban J connectivity index is 3.43. The summed E-state index contributed by atoms with van der Waals surface area (Å²) in [7, 11) is 0. The van der Waals surface area contributed by atoms with Crippen LogP contribution in [0.2, 0.25) is 0 Å². The Labute approximate surface area is 56.9 Å². The van der Waals surface area contributed by atoms with E-state index in [0.29, 0.717) is 16.0 Å². The molecule has 0 aliphatic rings. The molecule has 9 heavy (non-hydrogen) atoms. The van der Waals surface area contributed by atoms with E-state index in [9.17, 15) is 0 Å². The number of nitrogens with zero attached hydrogens (tertiary/aromatic N) is 1. The lowest BCUT2D eigenvalue weighted by atomic mass is 10.4. The molecule has 0 bridgehead atoms. The molecule has 48 valence electrons. The molecule has 0 saturated heterocycles. The topological polar surface area (TPSA) is 80.7 Å². The molecule has 5 heteroatoms. The highest BCUT2D eigenvalue weighted by Crippen LogP contribution is 2.08. The number of nitrogens with two attached hydrogens (primary N) is 2. The summed E-state index contributed by atoms with van der Waals surface area (Å²) in [6.07, 6.45) is 1.45. The standard InChI is InChI=1S/C4H6N4S/c5-3-2(9)1-7-8-4(3)6/h1H,(H2,5,7)(H3,6,8,9). The number of hydrogen-bond acceptors (Lipinski definition) is 4. The number of aromatic amines is 1. The van der Waals surface area contributed by atoms with Gasteiger partial charge in [0.05, 0.1) is 16.4 Å². The van der Waals surface area contributed by atoms with Crippen LogP contribution < -0.4 is 11.5 Å². The van der Waals surface area contributed by atoms with E-state index in [-0.39, 0.29) is 0 Å². The lowest BCUT2D eigenvalue weighted by Gasteiger charge is -1.95. The fourth-order valence-electron chi connectivity index (χ4n) is 0.423. The van der Waals surface area contributed by atoms with Crippen molar-refractivity contribution in [3.8, 4) is 0 Å². The van der Waals surface area contributed by atoms with Gasteiger partial charge in [-0.1, -0.05) is 12.2 Å². The van der Waals surface area contributed by atoms with Crippen molar-refractivity contribution in [2.24, 2.45) is 0 Å². The van der Waals surface area contributed by atoms with Gasteiger partial charge in [0.2, 0.25) is 0 Å². The normalized spacial score (nSPS) is 9.33. The third kappa shape index (κ3) is 0.996. The van der Waals surface area contributed by atoms with Crippen molar-refractivity contribution < 1.29 is 0 Å². The fourth-order valence-corrected chi connectivity index (χ4v) is 0.586. The predicted octanol–water partition coefficient (Wildman–Crippen LogP) is 0.304. The van der Waals surface area contributed by atoms with Crippen LogP contribution in [-0.2, 0) is 0 Å². The van der Waals surface area contributed by atoms with Gasteiger partial charge in [-0.05, 0) is 0 Å². The van der Waals surface area contributed by atoms with Gasteiger partial charge >= 0.3 is 0 Å². The number of rotatable bonds is 0. The van der Waals surface area contributed by atoms with Crippen LogP contribution in [0.25, 0.3) is 0 Å². The van der Waals surface area contributed by atoms with Gasteiger partial charge in [0.25, 0.3) is 0 Å². The molecule has 1 aromatic heterocycles. The molecule has 0 saturated carbocycles. The van der Waals surface area contributed by atoms with Gasteiger partial charge < -0.3 is 11.5 Å². The molecule has 0 aromatic carbocycles. The molecular weight excluding hydrogens is 136 g/mol. The third-order valence-electron chi connectivity index (χ3n) is 0.922. The summed E-state index contributed by atoms with van der Waals surface area (Å²) < 4.78 is 0.478. The summed E-state index contributed by atoms with van der Waals surface area (Å²) in [5.74, 6) is 0.322. The second-order valence-electron chi connectivity index (χ2n) is 1.56. The van der Waals surface area contributed by atoms with Crippen molar-refractivity contribution in [3.05, 3.63) is 10.7 Å². The first-order chi connectivity index (χ1) is 4.22. The molecule has 1 rings (SSSR count). The van der Waals surface area contributed by atoms with Gasteiger partial charge in [0, 0.05) is 0 Å². The molecule has 5 N–H and O–H groups in total. The Hall–Kier alpha value is -1.10. The maximum absolute atomic E-state index is 5.38. The molecule has 1 heterocycles. The first kappa shape index (κ1) is 6.03. The zero-order valence-corrected chi connectivity index (χ0v) is 5.40. The number of anilines is 2. The number of nitrogen functional groups attached to an aromatic ring is 2. The monoisotopic (exact) mass is 142 g/mol. The van der Waals surface area contributed by atoms with Crippen molar-refractivity contribution >= 4 is 23.7 Å². The summed E-state index contributed by atoms with van der Waals surface area (Å²) >= 11 is 4.75. The van der Waals surface area contributed by atoms with E-state index >= 15 is 0 Å². The Morgan fingerprint density at radius 1 is 1.56 bits per heavy atom. The number of nitrogens with one attached hydrogen (secondary N) is 1. The van der Waals surface area contributed by atoms with Crippen LogP contribution in [0.3, 0.4) is 0 Å². The molecule has 0 unspecified atom stereocenters. The minimum absolute atomic E-state index is 0.322. The number of aromatic nitrogens is 2. The minimum atomic E-state index is 0.322. The van der Waals surface area contributed by atoms with Crippen molar-refractivity contribution in [2.45, 2.75) is 0 Å². The van der Waals surface area contributed by atoms with E-state index in [4.69, 9.17) is 23.7 Å². The van der Waals surface area contributed by atoms with Crippen LogP contribution in [-0.4, -0.2) is 10.2 Å². The maximum atomic E-state index is 5.38. The van der Waals surface area contributed by atoms with E-state index in [1.165, 1.54) is 6.20 Å². The molecule has 0 amide bonds. The molecule has 4 nitrogen and oxygen atoms in total. The summed E-state index contributed by atoms with van der Waals surface area (Å²) in [6, 6.07) is 0. The van der Waals surface area contributed by atoms with Crippen LogP contribution in [0.5, 0.6) is 0 Å². The third-order valence-corrected chi connectivity index (χ3v) is 1.25. The highest BCUT2D eigenvalue weighted by molar-refractivity contribution is 7.71. The lowest BCUT2D eigenvalue weighted by molar-refractivity contribution is 1.04. The largest absolute Gasteiger partial charge is 0.395 e. The molecule has 0 fully saturated rings. The molecule has 0 spiro atoms. The molecule has 0 atom stereocenters. The lowest BCUT2D eigenvalue weighted by Crippen LogP contribution is -1.99. The zero-order valence-electron chi connectivity index (χ0n) is 4.59. The van der Waals surface area contributed by atoms with Gasteiger partial charge in [0.15, 0.2) is 0 Å². The summed E-state index contributed by atoms with van der Waals surface area (Å²) in [5.41, 5.74) is 11.1. The van der Waals surface area contributed by atoms with Gasteiger partial charge in [-0.15, -0.1) is 0 Å². The van der Waals surface area contributed by atoms with Gasteiger partial charge in [-0.3, -0.25) is 5.10 Å². The molecule has 1 aromatic rings. The van der Waals surface area contributed by atoms with Crippen LogP contribution in [0, 0.1) is 4.51 Å². The molecule has 0 aliphatic carbocycles. The second kappa shape index (κ2) is 2.02. The quantitative estimate of drug-likeness (QED) is 0.455. The minimum Gasteiger partial charge on any atom is -0.395 e. The van der Waals surface area contributed by atoms with Crippen molar-refractivity contribution in [1.29, 1.82) is 0 Å². The molecule has 0 radical (unpaired) electrons. The number of hydrogen-bond donors (Lipinski definition) is 3. The van der Waals surface area contributed by atoms with E-state index in [0.717, 1.165) is 0 Å². The Morgan fingerprint density at radius 2 is 2.22 bits per heavy atom. The second-order valence-corrected chi connectivity index (χ2v) is 2.00. The van der Waals surface area contributed by atoms with E-state index in [1.54, 1.807) is 0 Å².